The first-order valence-electron chi connectivity index (χ1n) is 11.2. The summed E-state index contributed by atoms with van der Waals surface area (Å²) in [5, 5.41) is 14.7. The Morgan fingerprint density at radius 1 is 1.06 bits per heavy atom. The molecular formula is C26H28N2O2S. The standard InChI is InChI=1S/C26H28N2O2S/c29-24(17-21-18-31-25(27-21)19-9-3-1-4-10-19)28-16-15-26(30,20-11-5-2-6-12-20)22-13-7-8-14-23(22)28/h1-6,9-12,18,22-23,30H,7-8,13-17H2/t22-,23+,26-/m1/s1. The van der Waals surface area contributed by atoms with Gasteiger partial charge in [0.05, 0.1) is 17.7 Å². The fraction of sp³-hybridized carbons (Fsp3) is 0.385. The monoisotopic (exact) mass is 432 g/mol. The van der Waals surface area contributed by atoms with Gasteiger partial charge in [-0.05, 0) is 24.8 Å². The number of hydrogen-bond donors (Lipinski definition) is 1. The molecule has 1 N–H and O–H groups in total. The number of nitrogens with zero attached hydrogens (tertiary/aromatic N) is 2. The minimum Gasteiger partial charge on any atom is -0.385 e. The highest BCUT2D eigenvalue weighted by Crippen LogP contribution is 2.47. The maximum atomic E-state index is 13.3. The molecule has 0 spiro atoms. The summed E-state index contributed by atoms with van der Waals surface area (Å²) in [6.45, 7) is 0.598. The van der Waals surface area contributed by atoms with E-state index in [2.05, 4.69) is 0 Å². The molecule has 1 aliphatic heterocycles. The van der Waals surface area contributed by atoms with E-state index < -0.39 is 5.60 Å². The number of carbonyl (C=O) groups is 1. The van der Waals surface area contributed by atoms with Gasteiger partial charge in [-0.2, -0.15) is 0 Å². The predicted octanol–water partition coefficient (Wildman–Crippen LogP) is 5.03. The quantitative estimate of drug-likeness (QED) is 0.629. The fourth-order valence-electron chi connectivity index (χ4n) is 5.44. The van der Waals surface area contributed by atoms with E-state index in [1.807, 2.05) is 70.9 Å². The Morgan fingerprint density at radius 2 is 1.77 bits per heavy atom. The Balaban J connectivity index is 1.34. The van der Waals surface area contributed by atoms with Crippen LogP contribution in [0, 0.1) is 5.92 Å². The zero-order valence-electron chi connectivity index (χ0n) is 17.6. The molecular weight excluding hydrogens is 404 g/mol. The maximum Gasteiger partial charge on any atom is 0.228 e. The third-order valence-electron chi connectivity index (χ3n) is 6.98. The van der Waals surface area contributed by atoms with E-state index in [1.165, 1.54) is 0 Å². The molecule has 0 bridgehead atoms. The lowest BCUT2D eigenvalue weighted by atomic mass is 9.66. The van der Waals surface area contributed by atoms with Gasteiger partial charge < -0.3 is 10.0 Å². The van der Waals surface area contributed by atoms with Crippen LogP contribution in [0.15, 0.2) is 66.0 Å². The topological polar surface area (TPSA) is 53.4 Å². The number of benzene rings is 2. The highest BCUT2D eigenvalue weighted by molar-refractivity contribution is 7.13. The number of thiazole rings is 1. The number of likely N-dealkylation sites (tertiary alicyclic amines) is 1. The van der Waals surface area contributed by atoms with Crippen molar-refractivity contribution in [3.8, 4) is 10.6 Å². The van der Waals surface area contributed by atoms with Crippen molar-refractivity contribution in [2.24, 2.45) is 5.92 Å². The first kappa shape index (κ1) is 20.4. The minimum atomic E-state index is -0.843. The second kappa shape index (κ2) is 8.56. The average molecular weight is 433 g/mol. The Kier molecular flexibility index (Phi) is 5.63. The number of fused-ring (bicyclic) bond motifs is 1. The van der Waals surface area contributed by atoms with Crippen LogP contribution in [-0.4, -0.2) is 33.5 Å². The Labute approximate surface area is 187 Å². The lowest BCUT2D eigenvalue weighted by Gasteiger charge is -2.52. The summed E-state index contributed by atoms with van der Waals surface area (Å²) >= 11 is 1.59. The van der Waals surface area contributed by atoms with Crippen LogP contribution in [0.2, 0.25) is 0 Å². The average Bonchev–Trinajstić information content (AvgIpc) is 3.29. The van der Waals surface area contributed by atoms with Gasteiger partial charge in [0.1, 0.15) is 5.01 Å². The van der Waals surface area contributed by atoms with E-state index in [0.717, 1.165) is 47.5 Å². The van der Waals surface area contributed by atoms with Gasteiger partial charge in [-0.15, -0.1) is 11.3 Å². The molecule has 1 amide bonds. The van der Waals surface area contributed by atoms with E-state index in [0.29, 0.717) is 19.4 Å². The van der Waals surface area contributed by atoms with Gasteiger partial charge >= 0.3 is 0 Å². The minimum absolute atomic E-state index is 0.0941. The molecule has 160 valence electrons. The summed E-state index contributed by atoms with van der Waals surface area (Å²) in [7, 11) is 0. The molecule has 2 aliphatic rings. The SMILES string of the molecule is O=C(Cc1csc(-c2ccccc2)n1)N1CC[C@@](O)(c2ccccc2)[C@@H]2CCCC[C@@H]21. The molecule has 2 aromatic carbocycles. The molecule has 1 saturated heterocycles. The number of carbonyl (C=O) groups excluding carboxylic acids is 1. The van der Waals surface area contributed by atoms with Crippen molar-refractivity contribution in [1.82, 2.24) is 9.88 Å². The smallest absolute Gasteiger partial charge is 0.228 e. The van der Waals surface area contributed by atoms with Crippen LogP contribution >= 0.6 is 11.3 Å². The van der Waals surface area contributed by atoms with Crippen LogP contribution in [0.3, 0.4) is 0 Å². The van der Waals surface area contributed by atoms with E-state index in [9.17, 15) is 9.90 Å². The molecule has 4 nitrogen and oxygen atoms in total. The van der Waals surface area contributed by atoms with E-state index in [4.69, 9.17) is 4.98 Å². The fourth-order valence-corrected chi connectivity index (χ4v) is 6.26. The highest BCUT2D eigenvalue weighted by Gasteiger charge is 2.50. The van der Waals surface area contributed by atoms with Crippen molar-refractivity contribution in [2.45, 2.75) is 50.2 Å². The third kappa shape index (κ3) is 3.92. The zero-order chi connectivity index (χ0) is 21.3. The number of rotatable bonds is 4. The summed E-state index contributed by atoms with van der Waals surface area (Å²) in [6.07, 6.45) is 5.09. The van der Waals surface area contributed by atoms with Crippen molar-refractivity contribution in [3.63, 3.8) is 0 Å². The maximum absolute atomic E-state index is 13.3. The van der Waals surface area contributed by atoms with Crippen LogP contribution < -0.4 is 0 Å². The second-order valence-corrected chi connectivity index (χ2v) is 9.63. The van der Waals surface area contributed by atoms with Gasteiger partial charge in [-0.3, -0.25) is 4.79 Å². The van der Waals surface area contributed by atoms with E-state index in [-0.39, 0.29) is 17.9 Å². The molecule has 1 aliphatic carbocycles. The lowest BCUT2D eigenvalue weighted by molar-refractivity contribution is -0.154. The molecule has 0 unspecified atom stereocenters. The first-order chi connectivity index (χ1) is 15.1. The van der Waals surface area contributed by atoms with E-state index >= 15 is 0 Å². The Bertz CT molecular complexity index is 1040. The van der Waals surface area contributed by atoms with Crippen molar-refractivity contribution in [1.29, 1.82) is 0 Å². The lowest BCUT2D eigenvalue weighted by Crippen LogP contribution is -2.59. The molecule has 3 aromatic rings. The molecule has 5 rings (SSSR count). The van der Waals surface area contributed by atoms with Crippen molar-refractivity contribution >= 4 is 17.2 Å². The number of hydrogen-bond acceptors (Lipinski definition) is 4. The molecule has 2 fully saturated rings. The Morgan fingerprint density at radius 3 is 2.55 bits per heavy atom. The molecule has 31 heavy (non-hydrogen) atoms. The van der Waals surface area contributed by atoms with Gasteiger partial charge in [-0.25, -0.2) is 4.98 Å². The van der Waals surface area contributed by atoms with Crippen LogP contribution in [0.5, 0.6) is 0 Å². The summed E-state index contributed by atoms with van der Waals surface area (Å²) in [5.74, 6) is 0.230. The molecule has 1 aromatic heterocycles. The summed E-state index contributed by atoms with van der Waals surface area (Å²) < 4.78 is 0. The molecule has 3 atom stereocenters. The van der Waals surface area contributed by atoms with E-state index in [1.54, 1.807) is 11.3 Å². The van der Waals surface area contributed by atoms with Crippen LogP contribution in [-0.2, 0) is 16.8 Å². The first-order valence-corrected chi connectivity index (χ1v) is 12.1. The van der Waals surface area contributed by atoms with Crippen LogP contribution in [0.1, 0.15) is 43.4 Å². The zero-order valence-corrected chi connectivity index (χ0v) is 18.4. The molecule has 2 heterocycles. The van der Waals surface area contributed by atoms with Crippen molar-refractivity contribution in [2.75, 3.05) is 6.54 Å². The largest absolute Gasteiger partial charge is 0.385 e. The Hall–Kier alpha value is -2.50. The summed E-state index contributed by atoms with van der Waals surface area (Å²) in [4.78, 5) is 20.1. The third-order valence-corrected chi connectivity index (χ3v) is 7.92. The molecule has 5 heteroatoms. The van der Waals surface area contributed by atoms with Gasteiger partial charge in [0.15, 0.2) is 0 Å². The van der Waals surface area contributed by atoms with Gasteiger partial charge in [0, 0.05) is 29.4 Å². The number of amides is 1. The summed E-state index contributed by atoms with van der Waals surface area (Å²) in [5.41, 5.74) is 2.07. The number of piperidine rings is 1. The number of aliphatic hydroxyl groups is 1. The van der Waals surface area contributed by atoms with Gasteiger partial charge in [0.2, 0.25) is 5.91 Å². The normalized spacial score (nSPS) is 25.8. The molecule has 0 radical (unpaired) electrons. The van der Waals surface area contributed by atoms with Crippen molar-refractivity contribution in [3.05, 3.63) is 77.3 Å². The van der Waals surface area contributed by atoms with Crippen LogP contribution in [0.25, 0.3) is 10.6 Å². The highest BCUT2D eigenvalue weighted by atomic mass is 32.1. The van der Waals surface area contributed by atoms with Gasteiger partial charge in [0.25, 0.3) is 0 Å². The summed E-state index contributed by atoms with van der Waals surface area (Å²) in [6, 6.07) is 20.2. The van der Waals surface area contributed by atoms with Crippen molar-refractivity contribution < 1.29 is 9.90 Å². The second-order valence-electron chi connectivity index (χ2n) is 8.77. The predicted molar refractivity (Wildman–Crippen MR) is 124 cm³/mol. The van der Waals surface area contributed by atoms with Gasteiger partial charge in [-0.1, -0.05) is 73.5 Å². The molecule has 1 saturated carbocycles. The van der Waals surface area contributed by atoms with Crippen LogP contribution in [0.4, 0.5) is 0 Å². The number of aromatic nitrogens is 1.